The molecule has 1 aliphatic heterocycles. The molecule has 4 nitrogen and oxygen atoms in total. The second kappa shape index (κ2) is 5.25. The molecule has 0 radical (unpaired) electrons. The van der Waals surface area contributed by atoms with Crippen LogP contribution in [-0.2, 0) is 0 Å². The van der Waals surface area contributed by atoms with Gasteiger partial charge in [-0.2, -0.15) is 5.10 Å². The lowest BCUT2D eigenvalue weighted by atomic mass is 9.96. The van der Waals surface area contributed by atoms with E-state index in [0.717, 1.165) is 5.56 Å². The van der Waals surface area contributed by atoms with Crippen molar-refractivity contribution in [2.24, 2.45) is 11.0 Å². The Morgan fingerprint density at radius 3 is 2.65 bits per heavy atom. The van der Waals surface area contributed by atoms with E-state index in [1.54, 1.807) is 29.5 Å². The molecule has 0 aliphatic carbocycles. The summed E-state index contributed by atoms with van der Waals surface area (Å²) in [6.07, 6.45) is 5.05. The second-order valence-electron chi connectivity index (χ2n) is 4.87. The quantitative estimate of drug-likeness (QED) is 0.838. The minimum atomic E-state index is -0.118. The number of carbonyl (C=O) groups excluding carboxylic acids is 1. The van der Waals surface area contributed by atoms with Crippen LogP contribution >= 0.6 is 0 Å². The summed E-state index contributed by atoms with van der Waals surface area (Å²) in [5, 5.41) is 5.83. The maximum Gasteiger partial charge on any atom is 0.276 e. The fraction of sp³-hybridized carbons (Fsp3) is 0.188. The first kappa shape index (κ1) is 12.5. The number of hydrazone groups is 1. The molecule has 2 atom stereocenters. The minimum Gasteiger partial charge on any atom is -0.267 e. The van der Waals surface area contributed by atoms with Gasteiger partial charge >= 0.3 is 0 Å². The van der Waals surface area contributed by atoms with Gasteiger partial charge in [-0.15, -0.1) is 0 Å². The molecule has 2 unspecified atom stereocenters. The topological polar surface area (TPSA) is 45.6 Å². The van der Waals surface area contributed by atoms with Crippen LogP contribution in [0.4, 0.5) is 0 Å². The first-order valence-corrected chi connectivity index (χ1v) is 6.60. The number of amides is 1. The monoisotopic (exact) mass is 265 g/mol. The first-order valence-electron chi connectivity index (χ1n) is 6.60. The lowest BCUT2D eigenvalue weighted by Gasteiger charge is -2.25. The van der Waals surface area contributed by atoms with Crippen molar-refractivity contribution >= 4 is 12.1 Å². The highest BCUT2D eigenvalue weighted by Gasteiger charge is 2.33. The van der Waals surface area contributed by atoms with E-state index in [2.05, 4.69) is 17.0 Å². The number of aromatic nitrogens is 1. The van der Waals surface area contributed by atoms with E-state index < -0.39 is 0 Å². The highest BCUT2D eigenvalue weighted by atomic mass is 16.2. The number of hydrogen-bond donors (Lipinski definition) is 0. The first-order chi connectivity index (χ1) is 9.77. The lowest BCUT2D eigenvalue weighted by Crippen LogP contribution is -2.29. The molecule has 1 aromatic heterocycles. The molecule has 0 N–H and O–H groups in total. The number of rotatable bonds is 2. The molecule has 0 bridgehead atoms. The van der Waals surface area contributed by atoms with Gasteiger partial charge in [0.05, 0.1) is 11.6 Å². The summed E-state index contributed by atoms with van der Waals surface area (Å²) >= 11 is 0. The van der Waals surface area contributed by atoms with Gasteiger partial charge in [-0.25, -0.2) is 5.01 Å². The minimum absolute atomic E-state index is 0.0519. The van der Waals surface area contributed by atoms with Crippen molar-refractivity contribution in [3.8, 4) is 0 Å². The largest absolute Gasteiger partial charge is 0.276 e. The predicted molar refractivity (Wildman–Crippen MR) is 77.2 cm³/mol. The van der Waals surface area contributed by atoms with Gasteiger partial charge in [0, 0.05) is 24.5 Å². The van der Waals surface area contributed by atoms with E-state index in [1.807, 2.05) is 36.5 Å². The molecule has 1 amide bonds. The second-order valence-corrected chi connectivity index (χ2v) is 4.87. The van der Waals surface area contributed by atoms with E-state index in [0.29, 0.717) is 5.56 Å². The highest BCUT2D eigenvalue weighted by Crippen LogP contribution is 2.33. The fourth-order valence-electron chi connectivity index (χ4n) is 2.45. The number of hydrogen-bond acceptors (Lipinski definition) is 3. The molecule has 2 aromatic rings. The number of pyridine rings is 1. The van der Waals surface area contributed by atoms with Gasteiger partial charge < -0.3 is 0 Å². The summed E-state index contributed by atoms with van der Waals surface area (Å²) in [7, 11) is 0. The Balaban J connectivity index is 1.93. The van der Waals surface area contributed by atoms with Crippen molar-refractivity contribution in [1.82, 2.24) is 9.99 Å². The van der Waals surface area contributed by atoms with Crippen LogP contribution < -0.4 is 0 Å². The molecule has 4 heteroatoms. The highest BCUT2D eigenvalue weighted by molar-refractivity contribution is 5.95. The summed E-state index contributed by atoms with van der Waals surface area (Å²) in [6, 6.07) is 13.4. The molecular formula is C16H15N3O. The number of benzene rings is 1. The van der Waals surface area contributed by atoms with Crippen LogP contribution in [0.1, 0.15) is 28.9 Å². The fourth-order valence-corrected chi connectivity index (χ4v) is 2.45. The SMILES string of the molecule is CC1C=NN(C(=O)c2cccnc2)C1c1ccccc1. The van der Waals surface area contributed by atoms with Crippen LogP contribution in [0, 0.1) is 5.92 Å². The third-order valence-electron chi connectivity index (χ3n) is 3.45. The lowest BCUT2D eigenvalue weighted by molar-refractivity contribution is 0.0688. The van der Waals surface area contributed by atoms with Gasteiger partial charge in [0.15, 0.2) is 0 Å². The van der Waals surface area contributed by atoms with E-state index in [-0.39, 0.29) is 17.9 Å². The van der Waals surface area contributed by atoms with Crippen molar-refractivity contribution in [1.29, 1.82) is 0 Å². The van der Waals surface area contributed by atoms with Crippen molar-refractivity contribution in [2.75, 3.05) is 0 Å². The molecule has 0 saturated heterocycles. The van der Waals surface area contributed by atoms with E-state index in [4.69, 9.17) is 0 Å². The maximum atomic E-state index is 12.5. The van der Waals surface area contributed by atoms with Gasteiger partial charge in [-0.1, -0.05) is 37.3 Å². The molecule has 1 aromatic carbocycles. The Labute approximate surface area is 117 Å². The van der Waals surface area contributed by atoms with Crippen LogP contribution in [0.5, 0.6) is 0 Å². The summed E-state index contributed by atoms with van der Waals surface area (Å²) in [6.45, 7) is 2.07. The van der Waals surface area contributed by atoms with Gasteiger partial charge in [-0.3, -0.25) is 9.78 Å². The summed E-state index contributed by atoms with van der Waals surface area (Å²) in [4.78, 5) is 16.5. The molecule has 1 aliphatic rings. The van der Waals surface area contributed by atoms with Crippen LogP contribution in [-0.4, -0.2) is 22.1 Å². The average Bonchev–Trinajstić information content (AvgIpc) is 2.90. The van der Waals surface area contributed by atoms with Crippen molar-refractivity contribution in [2.45, 2.75) is 13.0 Å². The van der Waals surface area contributed by atoms with Crippen LogP contribution in [0.2, 0.25) is 0 Å². The van der Waals surface area contributed by atoms with E-state index in [1.165, 1.54) is 0 Å². The Bertz CT molecular complexity index is 625. The molecular weight excluding hydrogens is 250 g/mol. The van der Waals surface area contributed by atoms with Crippen LogP contribution in [0.3, 0.4) is 0 Å². The Morgan fingerprint density at radius 1 is 1.15 bits per heavy atom. The molecule has 100 valence electrons. The van der Waals surface area contributed by atoms with Crippen molar-refractivity contribution in [3.05, 3.63) is 66.0 Å². The smallest absolute Gasteiger partial charge is 0.267 e. The van der Waals surface area contributed by atoms with Gasteiger partial charge in [0.2, 0.25) is 0 Å². The average molecular weight is 265 g/mol. The Hall–Kier alpha value is -2.49. The number of carbonyl (C=O) groups is 1. The summed E-state index contributed by atoms with van der Waals surface area (Å²) in [5.74, 6) is 0.0746. The van der Waals surface area contributed by atoms with Crippen LogP contribution in [0.25, 0.3) is 0 Å². The zero-order chi connectivity index (χ0) is 13.9. The number of nitrogens with zero attached hydrogens (tertiary/aromatic N) is 3. The predicted octanol–water partition coefficient (Wildman–Crippen LogP) is 2.90. The maximum absolute atomic E-state index is 12.5. The molecule has 2 heterocycles. The molecule has 0 fully saturated rings. The van der Waals surface area contributed by atoms with Crippen molar-refractivity contribution in [3.63, 3.8) is 0 Å². The molecule has 0 saturated carbocycles. The van der Waals surface area contributed by atoms with E-state index in [9.17, 15) is 4.79 Å². The zero-order valence-electron chi connectivity index (χ0n) is 11.2. The van der Waals surface area contributed by atoms with Gasteiger partial charge in [0.25, 0.3) is 5.91 Å². The summed E-state index contributed by atoms with van der Waals surface area (Å²) in [5.41, 5.74) is 1.65. The van der Waals surface area contributed by atoms with Gasteiger partial charge in [-0.05, 0) is 17.7 Å². The molecule has 0 spiro atoms. The van der Waals surface area contributed by atoms with Crippen LogP contribution in [0.15, 0.2) is 60.0 Å². The Morgan fingerprint density at radius 2 is 1.95 bits per heavy atom. The summed E-state index contributed by atoms with van der Waals surface area (Å²) < 4.78 is 0. The molecule has 20 heavy (non-hydrogen) atoms. The molecule has 3 rings (SSSR count). The van der Waals surface area contributed by atoms with Gasteiger partial charge in [0.1, 0.15) is 0 Å². The standard InChI is InChI=1S/C16H15N3O/c1-12-10-18-19(15(12)13-6-3-2-4-7-13)16(20)14-8-5-9-17-11-14/h2-12,15H,1H3. The third-order valence-corrected chi connectivity index (χ3v) is 3.45. The Kier molecular flexibility index (Phi) is 3.29. The van der Waals surface area contributed by atoms with Crippen molar-refractivity contribution < 1.29 is 4.79 Å². The third kappa shape index (κ3) is 2.20. The van der Waals surface area contributed by atoms with E-state index >= 15 is 0 Å². The normalized spacial score (nSPS) is 21.1. The zero-order valence-corrected chi connectivity index (χ0v) is 11.2.